The maximum Gasteiger partial charge on any atom is 0.128 e. The molecule has 1 N–H and O–H groups in total. The zero-order valence-corrected chi connectivity index (χ0v) is 9.28. The van der Waals surface area contributed by atoms with Crippen molar-refractivity contribution in [3.05, 3.63) is 58.8 Å². The van der Waals surface area contributed by atoms with E-state index in [9.17, 15) is 5.11 Å². The van der Waals surface area contributed by atoms with E-state index < -0.39 is 0 Å². The highest BCUT2D eigenvalue weighted by Gasteiger charge is 2.24. The van der Waals surface area contributed by atoms with Crippen LogP contribution in [-0.4, -0.2) is 11.7 Å². The van der Waals surface area contributed by atoms with E-state index in [0.29, 0.717) is 5.02 Å². The lowest BCUT2D eigenvalue weighted by molar-refractivity contribution is 0.509. The Morgan fingerprint density at radius 3 is 3.06 bits per heavy atom. The van der Waals surface area contributed by atoms with Crippen molar-refractivity contribution in [1.29, 1.82) is 0 Å². The quantitative estimate of drug-likeness (QED) is 0.739. The average Bonchev–Trinajstić information content (AvgIpc) is 2.29. The standard InChI is InChI=1S/C13H10ClNO/c14-10-5-3-6-11-13(10)12(16)8-9-4-1-2-7-15(9)11/h1-6,8,16H,7H2. The molecule has 16 heavy (non-hydrogen) atoms. The van der Waals surface area contributed by atoms with E-state index in [1.165, 1.54) is 0 Å². The predicted octanol–water partition coefficient (Wildman–Crippen LogP) is 3.51. The largest absolute Gasteiger partial charge is 0.507 e. The molecule has 2 aliphatic heterocycles. The molecule has 2 heterocycles. The SMILES string of the molecule is OC1=CC2=CC=CCN2c2cccc(Cl)c21. The third-order valence-electron chi connectivity index (χ3n) is 2.83. The fourth-order valence-corrected chi connectivity index (χ4v) is 2.36. The summed E-state index contributed by atoms with van der Waals surface area (Å²) < 4.78 is 0. The number of aliphatic hydroxyl groups is 1. The second-order valence-electron chi connectivity index (χ2n) is 3.79. The van der Waals surface area contributed by atoms with Crippen LogP contribution >= 0.6 is 11.6 Å². The van der Waals surface area contributed by atoms with E-state index in [2.05, 4.69) is 11.0 Å². The molecule has 80 valence electrons. The average molecular weight is 232 g/mol. The first-order valence-electron chi connectivity index (χ1n) is 5.11. The van der Waals surface area contributed by atoms with Crippen LogP contribution in [0.4, 0.5) is 5.69 Å². The molecule has 0 aromatic heterocycles. The van der Waals surface area contributed by atoms with Crippen LogP contribution in [0.2, 0.25) is 5.02 Å². The van der Waals surface area contributed by atoms with Gasteiger partial charge in [-0.3, -0.25) is 0 Å². The van der Waals surface area contributed by atoms with Gasteiger partial charge >= 0.3 is 0 Å². The maximum atomic E-state index is 9.97. The van der Waals surface area contributed by atoms with E-state index in [1.54, 1.807) is 12.1 Å². The molecule has 0 fully saturated rings. The molecule has 0 saturated carbocycles. The summed E-state index contributed by atoms with van der Waals surface area (Å²) in [6, 6.07) is 5.66. The molecule has 3 heteroatoms. The van der Waals surface area contributed by atoms with Crippen LogP contribution < -0.4 is 4.90 Å². The van der Waals surface area contributed by atoms with Gasteiger partial charge in [-0.2, -0.15) is 0 Å². The monoisotopic (exact) mass is 231 g/mol. The first kappa shape index (κ1) is 9.55. The van der Waals surface area contributed by atoms with E-state index in [0.717, 1.165) is 23.5 Å². The van der Waals surface area contributed by atoms with Crippen molar-refractivity contribution >= 4 is 23.0 Å². The van der Waals surface area contributed by atoms with Gasteiger partial charge < -0.3 is 10.0 Å². The summed E-state index contributed by atoms with van der Waals surface area (Å²) in [4.78, 5) is 2.13. The summed E-state index contributed by atoms with van der Waals surface area (Å²) in [5.74, 6) is 0.235. The molecule has 0 bridgehead atoms. The van der Waals surface area contributed by atoms with Gasteiger partial charge in [-0.15, -0.1) is 0 Å². The molecule has 0 radical (unpaired) electrons. The zero-order valence-electron chi connectivity index (χ0n) is 8.52. The van der Waals surface area contributed by atoms with Crippen molar-refractivity contribution in [2.45, 2.75) is 0 Å². The Kier molecular flexibility index (Phi) is 2.04. The minimum atomic E-state index is 0.235. The lowest BCUT2D eigenvalue weighted by atomic mass is 10.0. The molecule has 0 unspecified atom stereocenters. The molecular weight excluding hydrogens is 222 g/mol. The van der Waals surface area contributed by atoms with Gasteiger partial charge in [0.15, 0.2) is 0 Å². The number of anilines is 1. The van der Waals surface area contributed by atoms with Crippen LogP contribution in [0.15, 0.2) is 48.2 Å². The number of rotatable bonds is 0. The normalized spacial score (nSPS) is 17.4. The van der Waals surface area contributed by atoms with Crippen molar-refractivity contribution in [1.82, 2.24) is 0 Å². The number of benzene rings is 1. The number of allylic oxidation sites excluding steroid dienone is 3. The van der Waals surface area contributed by atoms with Crippen molar-refractivity contribution in [2.75, 3.05) is 11.4 Å². The van der Waals surface area contributed by atoms with Crippen molar-refractivity contribution in [3.8, 4) is 0 Å². The van der Waals surface area contributed by atoms with Gasteiger partial charge in [-0.1, -0.05) is 29.8 Å². The van der Waals surface area contributed by atoms with Crippen LogP contribution in [0, 0.1) is 0 Å². The molecular formula is C13H10ClNO. The minimum Gasteiger partial charge on any atom is -0.507 e. The molecule has 1 aromatic carbocycles. The van der Waals surface area contributed by atoms with Crippen LogP contribution in [0.5, 0.6) is 0 Å². The molecule has 2 nitrogen and oxygen atoms in total. The summed E-state index contributed by atoms with van der Waals surface area (Å²) >= 11 is 6.10. The highest BCUT2D eigenvalue weighted by atomic mass is 35.5. The Morgan fingerprint density at radius 2 is 2.19 bits per heavy atom. The van der Waals surface area contributed by atoms with Crippen molar-refractivity contribution in [2.24, 2.45) is 0 Å². The minimum absolute atomic E-state index is 0.235. The van der Waals surface area contributed by atoms with E-state index in [1.807, 2.05) is 24.3 Å². The first-order chi connectivity index (χ1) is 7.77. The number of halogens is 1. The van der Waals surface area contributed by atoms with Gasteiger partial charge in [0.1, 0.15) is 5.76 Å². The maximum absolute atomic E-state index is 9.97. The Bertz CT molecular complexity index is 543. The highest BCUT2D eigenvalue weighted by molar-refractivity contribution is 6.33. The molecule has 0 amide bonds. The number of hydrogen-bond acceptors (Lipinski definition) is 2. The van der Waals surface area contributed by atoms with Gasteiger partial charge in [0, 0.05) is 18.3 Å². The van der Waals surface area contributed by atoms with Gasteiger partial charge in [-0.05, 0) is 18.2 Å². The summed E-state index contributed by atoms with van der Waals surface area (Å²) in [6.45, 7) is 0.808. The fourth-order valence-electron chi connectivity index (χ4n) is 2.10. The molecule has 3 rings (SSSR count). The first-order valence-corrected chi connectivity index (χ1v) is 5.49. The number of aliphatic hydroxyl groups excluding tert-OH is 1. The summed E-state index contributed by atoms with van der Waals surface area (Å²) in [6.07, 6.45) is 7.79. The van der Waals surface area contributed by atoms with Crippen LogP contribution in [0.25, 0.3) is 5.76 Å². The third-order valence-corrected chi connectivity index (χ3v) is 3.14. The van der Waals surface area contributed by atoms with Crippen LogP contribution in [-0.2, 0) is 0 Å². The van der Waals surface area contributed by atoms with Gasteiger partial charge in [0.25, 0.3) is 0 Å². The highest BCUT2D eigenvalue weighted by Crippen LogP contribution is 2.39. The Balaban J connectivity index is 2.26. The van der Waals surface area contributed by atoms with Gasteiger partial charge in [-0.25, -0.2) is 0 Å². The zero-order chi connectivity index (χ0) is 11.1. The van der Waals surface area contributed by atoms with Crippen LogP contribution in [0.1, 0.15) is 5.56 Å². The van der Waals surface area contributed by atoms with Gasteiger partial charge in [0.2, 0.25) is 0 Å². The predicted molar refractivity (Wildman–Crippen MR) is 66.6 cm³/mol. The molecule has 0 atom stereocenters. The Hall–Kier alpha value is -1.67. The number of hydrogen-bond donors (Lipinski definition) is 1. The summed E-state index contributed by atoms with van der Waals surface area (Å²) in [7, 11) is 0. The van der Waals surface area contributed by atoms with E-state index in [4.69, 9.17) is 11.6 Å². The Labute approximate surface area is 98.8 Å². The molecule has 1 aromatic rings. The molecule has 2 aliphatic rings. The lowest BCUT2D eigenvalue weighted by Crippen LogP contribution is -2.27. The third kappa shape index (κ3) is 1.27. The lowest BCUT2D eigenvalue weighted by Gasteiger charge is -2.32. The summed E-state index contributed by atoms with van der Waals surface area (Å²) in [5, 5.41) is 10.5. The number of nitrogens with zero attached hydrogens (tertiary/aromatic N) is 1. The molecule has 0 saturated heterocycles. The number of fused-ring (bicyclic) bond motifs is 3. The van der Waals surface area contributed by atoms with E-state index >= 15 is 0 Å². The smallest absolute Gasteiger partial charge is 0.128 e. The summed E-state index contributed by atoms with van der Waals surface area (Å²) in [5.41, 5.74) is 2.68. The second-order valence-corrected chi connectivity index (χ2v) is 4.20. The second kappa shape index (κ2) is 3.42. The van der Waals surface area contributed by atoms with E-state index in [-0.39, 0.29) is 5.76 Å². The van der Waals surface area contributed by atoms with Crippen LogP contribution in [0.3, 0.4) is 0 Å². The van der Waals surface area contributed by atoms with Crippen molar-refractivity contribution in [3.63, 3.8) is 0 Å². The van der Waals surface area contributed by atoms with Crippen molar-refractivity contribution < 1.29 is 5.11 Å². The molecule has 0 aliphatic carbocycles. The van der Waals surface area contributed by atoms with Gasteiger partial charge in [0.05, 0.1) is 16.3 Å². The fraction of sp³-hybridized carbons (Fsp3) is 0.0769. The molecule has 0 spiro atoms. The topological polar surface area (TPSA) is 23.5 Å². The Morgan fingerprint density at radius 1 is 1.31 bits per heavy atom.